The highest BCUT2D eigenvalue weighted by molar-refractivity contribution is 5.22. The molecule has 13 heavy (non-hydrogen) atoms. The lowest BCUT2D eigenvalue weighted by atomic mass is 10.0. The van der Waals surface area contributed by atoms with Crippen LogP contribution in [0.25, 0.3) is 0 Å². The first kappa shape index (κ1) is 10.0. The fraction of sp³-hybridized carbons (Fsp3) is 0.333. The molecule has 1 rings (SSSR count). The van der Waals surface area contributed by atoms with E-state index in [1.165, 1.54) is 11.1 Å². The lowest BCUT2D eigenvalue weighted by Crippen LogP contribution is -2.24. The van der Waals surface area contributed by atoms with Crippen molar-refractivity contribution in [2.75, 3.05) is 7.05 Å². The van der Waals surface area contributed by atoms with Gasteiger partial charge in [0.1, 0.15) is 0 Å². The average molecular weight is 175 g/mol. The summed E-state index contributed by atoms with van der Waals surface area (Å²) in [5.74, 6) is 0. The Morgan fingerprint density at radius 2 is 2.00 bits per heavy atom. The highest BCUT2D eigenvalue weighted by Gasteiger charge is 2.01. The lowest BCUT2D eigenvalue weighted by molar-refractivity contribution is 0.665. The summed E-state index contributed by atoms with van der Waals surface area (Å²) in [5.41, 5.74) is 2.66. The number of aryl methyl sites for hydroxylation is 1. The molecule has 0 radical (unpaired) electrons. The summed E-state index contributed by atoms with van der Waals surface area (Å²) in [6.45, 7) is 5.89. The second-order valence-electron chi connectivity index (χ2n) is 3.32. The van der Waals surface area contributed by atoms with Crippen molar-refractivity contribution in [1.82, 2.24) is 5.32 Å². The van der Waals surface area contributed by atoms with Gasteiger partial charge in [0.05, 0.1) is 0 Å². The Morgan fingerprint density at radius 1 is 1.38 bits per heavy atom. The maximum absolute atomic E-state index is 3.78. The molecule has 0 amide bonds. The molecule has 0 fully saturated rings. The minimum atomic E-state index is 0.378. The van der Waals surface area contributed by atoms with Crippen LogP contribution in [0.1, 0.15) is 11.1 Å². The van der Waals surface area contributed by atoms with Gasteiger partial charge in [-0.15, -0.1) is 6.58 Å². The van der Waals surface area contributed by atoms with Gasteiger partial charge in [-0.05, 0) is 26.0 Å². The van der Waals surface area contributed by atoms with E-state index >= 15 is 0 Å². The fourth-order valence-corrected chi connectivity index (χ4v) is 1.28. The average Bonchev–Trinajstić information content (AvgIpc) is 2.17. The first-order chi connectivity index (χ1) is 6.26. The maximum Gasteiger partial charge on any atom is 0.0285 e. The molecule has 1 unspecified atom stereocenters. The molecule has 1 nitrogen and oxygen atoms in total. The molecule has 0 aliphatic carbocycles. The molecule has 1 heteroatoms. The van der Waals surface area contributed by atoms with Crippen LogP contribution in [-0.4, -0.2) is 13.1 Å². The number of nitrogens with one attached hydrogen (secondary N) is 1. The Bertz CT molecular complexity index is 261. The third kappa shape index (κ3) is 3.03. The van der Waals surface area contributed by atoms with Crippen molar-refractivity contribution < 1.29 is 0 Å². The van der Waals surface area contributed by atoms with E-state index in [0.717, 1.165) is 6.42 Å². The molecule has 1 aromatic carbocycles. The zero-order valence-electron chi connectivity index (χ0n) is 8.38. The molecule has 70 valence electrons. The van der Waals surface area contributed by atoms with Gasteiger partial charge in [-0.3, -0.25) is 0 Å². The quantitative estimate of drug-likeness (QED) is 0.692. The first-order valence-corrected chi connectivity index (χ1v) is 4.61. The van der Waals surface area contributed by atoms with Crippen molar-refractivity contribution in [3.8, 4) is 0 Å². The summed E-state index contributed by atoms with van der Waals surface area (Å²) in [6, 6.07) is 9.01. The van der Waals surface area contributed by atoms with Crippen LogP contribution in [0.3, 0.4) is 0 Å². The number of benzene rings is 1. The van der Waals surface area contributed by atoms with Crippen LogP contribution in [0.4, 0.5) is 0 Å². The van der Waals surface area contributed by atoms with E-state index in [0.29, 0.717) is 6.04 Å². The molecule has 0 saturated heterocycles. The number of hydrogen-bond acceptors (Lipinski definition) is 1. The molecule has 0 saturated carbocycles. The minimum Gasteiger partial charge on any atom is -0.313 e. The lowest BCUT2D eigenvalue weighted by Gasteiger charge is -2.10. The topological polar surface area (TPSA) is 12.0 Å². The van der Waals surface area contributed by atoms with Gasteiger partial charge in [0, 0.05) is 6.04 Å². The summed E-state index contributed by atoms with van der Waals surface area (Å²) >= 11 is 0. The van der Waals surface area contributed by atoms with Crippen LogP contribution in [-0.2, 0) is 6.42 Å². The molecule has 0 spiro atoms. The Morgan fingerprint density at radius 3 is 2.46 bits per heavy atom. The molecule has 0 aliphatic rings. The van der Waals surface area contributed by atoms with Crippen molar-refractivity contribution in [3.05, 3.63) is 48.0 Å². The van der Waals surface area contributed by atoms with Gasteiger partial charge in [-0.1, -0.05) is 35.9 Å². The summed E-state index contributed by atoms with van der Waals surface area (Å²) in [5, 5.41) is 3.20. The Hall–Kier alpha value is -1.08. The van der Waals surface area contributed by atoms with Crippen LogP contribution in [0.15, 0.2) is 36.9 Å². The zero-order valence-corrected chi connectivity index (χ0v) is 8.38. The molecule has 0 aliphatic heterocycles. The van der Waals surface area contributed by atoms with Crippen LogP contribution in [0.5, 0.6) is 0 Å². The van der Waals surface area contributed by atoms with E-state index in [1.807, 2.05) is 13.1 Å². The second-order valence-corrected chi connectivity index (χ2v) is 3.32. The third-order valence-corrected chi connectivity index (χ3v) is 2.23. The van der Waals surface area contributed by atoms with E-state index in [-0.39, 0.29) is 0 Å². The zero-order chi connectivity index (χ0) is 9.68. The van der Waals surface area contributed by atoms with Gasteiger partial charge in [0.15, 0.2) is 0 Å². The van der Waals surface area contributed by atoms with Crippen molar-refractivity contribution in [2.24, 2.45) is 0 Å². The van der Waals surface area contributed by atoms with Gasteiger partial charge >= 0.3 is 0 Å². The summed E-state index contributed by atoms with van der Waals surface area (Å²) < 4.78 is 0. The fourth-order valence-electron chi connectivity index (χ4n) is 1.28. The highest BCUT2D eigenvalue weighted by Crippen LogP contribution is 2.06. The maximum atomic E-state index is 3.78. The van der Waals surface area contributed by atoms with Crippen LogP contribution >= 0.6 is 0 Å². The SMILES string of the molecule is C=CC(Cc1ccc(C)cc1)NC. The van der Waals surface area contributed by atoms with Gasteiger partial charge in [-0.25, -0.2) is 0 Å². The Balaban J connectivity index is 2.63. The number of hydrogen-bond donors (Lipinski definition) is 1. The Labute approximate surface area is 80.5 Å². The van der Waals surface area contributed by atoms with Gasteiger partial charge < -0.3 is 5.32 Å². The van der Waals surface area contributed by atoms with E-state index in [4.69, 9.17) is 0 Å². The predicted molar refractivity (Wildman–Crippen MR) is 57.9 cm³/mol. The summed E-state index contributed by atoms with van der Waals surface area (Å²) in [4.78, 5) is 0. The largest absolute Gasteiger partial charge is 0.313 e. The van der Waals surface area contributed by atoms with Crippen LogP contribution in [0, 0.1) is 6.92 Å². The first-order valence-electron chi connectivity index (χ1n) is 4.61. The smallest absolute Gasteiger partial charge is 0.0285 e. The third-order valence-electron chi connectivity index (χ3n) is 2.23. The van der Waals surface area contributed by atoms with Crippen LogP contribution < -0.4 is 5.32 Å². The van der Waals surface area contributed by atoms with Gasteiger partial charge in [0.25, 0.3) is 0 Å². The van der Waals surface area contributed by atoms with Gasteiger partial charge in [0.2, 0.25) is 0 Å². The molecular weight excluding hydrogens is 158 g/mol. The molecule has 1 aromatic rings. The van der Waals surface area contributed by atoms with Crippen molar-refractivity contribution in [1.29, 1.82) is 0 Å². The van der Waals surface area contributed by atoms with Crippen molar-refractivity contribution >= 4 is 0 Å². The molecule has 0 aromatic heterocycles. The van der Waals surface area contributed by atoms with Crippen LogP contribution in [0.2, 0.25) is 0 Å². The summed E-state index contributed by atoms with van der Waals surface area (Å²) in [6.07, 6.45) is 2.96. The highest BCUT2D eigenvalue weighted by atomic mass is 14.8. The van der Waals surface area contributed by atoms with E-state index in [2.05, 4.69) is 43.1 Å². The van der Waals surface area contributed by atoms with E-state index < -0.39 is 0 Å². The van der Waals surface area contributed by atoms with Gasteiger partial charge in [-0.2, -0.15) is 0 Å². The van der Waals surface area contributed by atoms with E-state index in [1.54, 1.807) is 0 Å². The summed E-state index contributed by atoms with van der Waals surface area (Å²) in [7, 11) is 1.96. The molecule has 1 N–H and O–H groups in total. The van der Waals surface area contributed by atoms with Crippen molar-refractivity contribution in [3.63, 3.8) is 0 Å². The molecular formula is C12H17N. The van der Waals surface area contributed by atoms with Crippen molar-refractivity contribution in [2.45, 2.75) is 19.4 Å². The standard InChI is InChI=1S/C12H17N/c1-4-12(13-3)9-11-7-5-10(2)6-8-11/h4-8,12-13H,1,9H2,2-3H3. The Kier molecular flexibility index (Phi) is 3.71. The normalized spacial score (nSPS) is 12.5. The minimum absolute atomic E-state index is 0.378. The molecule has 1 atom stereocenters. The number of rotatable bonds is 4. The number of likely N-dealkylation sites (N-methyl/N-ethyl adjacent to an activating group) is 1. The molecule has 0 heterocycles. The monoisotopic (exact) mass is 175 g/mol. The molecule has 0 bridgehead atoms. The van der Waals surface area contributed by atoms with E-state index in [9.17, 15) is 0 Å². The second kappa shape index (κ2) is 4.83. The predicted octanol–water partition coefficient (Wildman–Crippen LogP) is 2.31.